The molecule has 1 N–H and O–H groups in total. The van der Waals surface area contributed by atoms with Crippen molar-refractivity contribution in [1.82, 2.24) is 15.1 Å². The van der Waals surface area contributed by atoms with Gasteiger partial charge in [-0.2, -0.15) is 0 Å². The Bertz CT molecular complexity index is 291. The summed E-state index contributed by atoms with van der Waals surface area (Å²) in [5.74, 6) is 0.319. The van der Waals surface area contributed by atoms with Gasteiger partial charge in [-0.1, -0.05) is 6.92 Å². The third kappa shape index (κ3) is 3.45. The summed E-state index contributed by atoms with van der Waals surface area (Å²) < 4.78 is 0. The van der Waals surface area contributed by atoms with Crippen molar-refractivity contribution in [3.05, 3.63) is 0 Å². The second-order valence-electron chi connectivity index (χ2n) is 5.85. The van der Waals surface area contributed by atoms with Crippen LogP contribution in [0, 0.1) is 0 Å². The zero-order valence-corrected chi connectivity index (χ0v) is 12.0. The molecule has 2 fully saturated rings. The lowest BCUT2D eigenvalue weighted by molar-refractivity contribution is -0.129. The van der Waals surface area contributed by atoms with Gasteiger partial charge in [-0.05, 0) is 39.7 Å². The van der Waals surface area contributed by atoms with Crippen molar-refractivity contribution in [3.63, 3.8) is 0 Å². The predicted molar refractivity (Wildman–Crippen MR) is 73.5 cm³/mol. The molecule has 4 nitrogen and oxygen atoms in total. The molecule has 1 aliphatic heterocycles. The number of carbonyl (C=O) groups is 1. The first-order valence-electron chi connectivity index (χ1n) is 7.37. The van der Waals surface area contributed by atoms with Crippen LogP contribution in [0.15, 0.2) is 0 Å². The van der Waals surface area contributed by atoms with Gasteiger partial charge in [0.2, 0.25) is 5.91 Å². The Labute approximate surface area is 111 Å². The fraction of sp³-hybridized carbons (Fsp3) is 0.929. The highest BCUT2D eigenvalue weighted by atomic mass is 16.2. The number of hydrogen-bond acceptors (Lipinski definition) is 3. The summed E-state index contributed by atoms with van der Waals surface area (Å²) in [5.41, 5.74) is 0. The quantitative estimate of drug-likeness (QED) is 0.737. The maximum Gasteiger partial charge on any atom is 0.239 e. The number of amides is 1. The normalized spacial score (nSPS) is 26.1. The summed E-state index contributed by atoms with van der Waals surface area (Å²) >= 11 is 0. The summed E-state index contributed by atoms with van der Waals surface area (Å²) in [6.45, 7) is 7.23. The number of likely N-dealkylation sites (tertiary alicyclic amines) is 1. The number of hydrogen-bond donors (Lipinski definition) is 1. The van der Waals surface area contributed by atoms with Gasteiger partial charge in [0.25, 0.3) is 0 Å². The molecule has 0 aromatic heterocycles. The second-order valence-corrected chi connectivity index (χ2v) is 5.85. The van der Waals surface area contributed by atoms with Crippen molar-refractivity contribution in [1.29, 1.82) is 0 Å². The van der Waals surface area contributed by atoms with E-state index in [4.69, 9.17) is 0 Å². The zero-order chi connectivity index (χ0) is 13.1. The molecule has 2 rings (SSSR count). The molecule has 4 heteroatoms. The van der Waals surface area contributed by atoms with E-state index < -0.39 is 0 Å². The highest BCUT2D eigenvalue weighted by Gasteiger charge is 2.35. The first kappa shape index (κ1) is 13.8. The third-order valence-corrected chi connectivity index (χ3v) is 4.38. The Morgan fingerprint density at radius 2 is 2.17 bits per heavy atom. The smallest absolute Gasteiger partial charge is 0.239 e. The average molecular weight is 253 g/mol. The van der Waals surface area contributed by atoms with Gasteiger partial charge in [0.1, 0.15) is 0 Å². The number of nitrogens with one attached hydrogen (secondary N) is 1. The molecule has 2 unspecified atom stereocenters. The van der Waals surface area contributed by atoms with Gasteiger partial charge in [0.15, 0.2) is 0 Å². The molecule has 1 saturated heterocycles. The van der Waals surface area contributed by atoms with Crippen LogP contribution in [0.4, 0.5) is 0 Å². The van der Waals surface area contributed by atoms with Gasteiger partial charge in [0, 0.05) is 31.7 Å². The highest BCUT2D eigenvalue weighted by molar-refractivity contribution is 5.84. The van der Waals surface area contributed by atoms with E-state index in [-0.39, 0.29) is 6.04 Å². The maximum atomic E-state index is 12.2. The van der Waals surface area contributed by atoms with Crippen LogP contribution in [0.25, 0.3) is 0 Å². The molecule has 1 heterocycles. The predicted octanol–water partition coefficient (Wildman–Crippen LogP) is 1.07. The third-order valence-electron chi connectivity index (χ3n) is 4.38. The topological polar surface area (TPSA) is 35.6 Å². The lowest BCUT2D eigenvalue weighted by Gasteiger charge is -2.26. The number of rotatable bonds is 7. The van der Waals surface area contributed by atoms with E-state index in [1.807, 2.05) is 4.90 Å². The van der Waals surface area contributed by atoms with Crippen LogP contribution in [0.2, 0.25) is 0 Å². The summed E-state index contributed by atoms with van der Waals surface area (Å²) in [7, 11) is 2.15. The van der Waals surface area contributed by atoms with E-state index in [0.717, 1.165) is 32.5 Å². The van der Waals surface area contributed by atoms with Crippen molar-refractivity contribution in [2.75, 3.05) is 26.7 Å². The monoisotopic (exact) mass is 253 g/mol. The Kier molecular flexibility index (Phi) is 4.62. The van der Waals surface area contributed by atoms with Gasteiger partial charge in [-0.25, -0.2) is 0 Å². The fourth-order valence-electron chi connectivity index (χ4n) is 2.46. The first-order chi connectivity index (χ1) is 8.61. The van der Waals surface area contributed by atoms with Crippen LogP contribution in [0.3, 0.4) is 0 Å². The van der Waals surface area contributed by atoms with Crippen molar-refractivity contribution >= 4 is 5.91 Å². The second kappa shape index (κ2) is 6.02. The Hall–Kier alpha value is -0.610. The Balaban J connectivity index is 1.71. The number of carbonyl (C=O) groups excluding carboxylic acids is 1. The minimum absolute atomic E-state index is 0.103. The average Bonchev–Trinajstić information content (AvgIpc) is 3.12. The first-order valence-corrected chi connectivity index (χ1v) is 7.37. The zero-order valence-electron chi connectivity index (χ0n) is 12.0. The Morgan fingerprint density at radius 1 is 1.44 bits per heavy atom. The van der Waals surface area contributed by atoms with E-state index in [1.165, 1.54) is 12.8 Å². The molecule has 0 aromatic carbocycles. The van der Waals surface area contributed by atoms with E-state index in [0.29, 0.717) is 18.0 Å². The highest BCUT2D eigenvalue weighted by Crippen LogP contribution is 2.22. The minimum atomic E-state index is 0.103. The molecule has 2 aliphatic rings. The standard InChI is InChI=1S/C14H27N3O/c1-4-11(2)16(3)9-10-17-8-7-13(14(17)18)15-12-5-6-12/h11-13,15H,4-10H2,1-3H3. The van der Waals surface area contributed by atoms with E-state index >= 15 is 0 Å². The molecule has 18 heavy (non-hydrogen) atoms. The molecule has 104 valence electrons. The molecular formula is C14H27N3O. The van der Waals surface area contributed by atoms with Crippen LogP contribution in [-0.2, 0) is 4.79 Å². The van der Waals surface area contributed by atoms with E-state index in [9.17, 15) is 4.79 Å². The molecule has 0 spiro atoms. The van der Waals surface area contributed by atoms with Crippen LogP contribution >= 0.6 is 0 Å². The van der Waals surface area contributed by atoms with Crippen molar-refractivity contribution in [2.45, 2.75) is 57.7 Å². The molecule has 1 aliphatic carbocycles. The van der Waals surface area contributed by atoms with Crippen LogP contribution in [0.5, 0.6) is 0 Å². The molecule has 1 amide bonds. The SMILES string of the molecule is CCC(C)N(C)CCN1CCC(NC2CC2)C1=O. The van der Waals surface area contributed by atoms with Crippen LogP contribution < -0.4 is 5.32 Å². The molecule has 1 saturated carbocycles. The minimum Gasteiger partial charge on any atom is -0.340 e. The lowest BCUT2D eigenvalue weighted by atomic mass is 10.2. The van der Waals surface area contributed by atoms with Crippen molar-refractivity contribution in [3.8, 4) is 0 Å². The summed E-state index contributed by atoms with van der Waals surface area (Å²) in [4.78, 5) is 16.5. The molecule has 0 radical (unpaired) electrons. The van der Waals surface area contributed by atoms with Gasteiger partial charge in [-0.3, -0.25) is 4.79 Å². The van der Waals surface area contributed by atoms with E-state index in [1.54, 1.807) is 0 Å². The van der Waals surface area contributed by atoms with Gasteiger partial charge in [-0.15, -0.1) is 0 Å². The molecule has 0 bridgehead atoms. The van der Waals surface area contributed by atoms with Crippen molar-refractivity contribution < 1.29 is 4.79 Å². The van der Waals surface area contributed by atoms with Crippen LogP contribution in [0.1, 0.15) is 39.5 Å². The summed E-state index contributed by atoms with van der Waals surface area (Å²) in [6.07, 6.45) is 4.65. The lowest BCUT2D eigenvalue weighted by Crippen LogP contribution is -2.42. The molecule has 0 aromatic rings. The largest absolute Gasteiger partial charge is 0.340 e. The molecular weight excluding hydrogens is 226 g/mol. The van der Waals surface area contributed by atoms with E-state index in [2.05, 4.69) is 31.1 Å². The van der Waals surface area contributed by atoms with Crippen molar-refractivity contribution in [2.24, 2.45) is 0 Å². The van der Waals surface area contributed by atoms with Gasteiger partial charge < -0.3 is 15.1 Å². The van der Waals surface area contributed by atoms with Gasteiger partial charge >= 0.3 is 0 Å². The van der Waals surface area contributed by atoms with Gasteiger partial charge in [0.05, 0.1) is 6.04 Å². The molecule has 2 atom stereocenters. The summed E-state index contributed by atoms with van der Waals surface area (Å²) in [5, 5.41) is 3.45. The Morgan fingerprint density at radius 3 is 2.78 bits per heavy atom. The summed E-state index contributed by atoms with van der Waals surface area (Å²) in [6, 6.07) is 1.33. The fourth-order valence-corrected chi connectivity index (χ4v) is 2.46. The number of likely N-dealkylation sites (N-methyl/N-ethyl adjacent to an activating group) is 1. The number of nitrogens with zero attached hydrogens (tertiary/aromatic N) is 2. The maximum absolute atomic E-state index is 12.2. The van der Waals surface area contributed by atoms with Crippen LogP contribution in [-0.4, -0.2) is 60.5 Å².